The molecule has 0 aliphatic rings. The van der Waals surface area contributed by atoms with Crippen molar-refractivity contribution >= 4 is 0 Å². The van der Waals surface area contributed by atoms with Gasteiger partial charge < -0.3 is 5.32 Å². The Labute approximate surface area is 97.0 Å². The third-order valence-corrected chi connectivity index (χ3v) is 3.38. The van der Waals surface area contributed by atoms with Gasteiger partial charge in [0, 0.05) is 6.04 Å². The number of nitrogens with one attached hydrogen (secondary N) is 1. The van der Waals surface area contributed by atoms with E-state index in [2.05, 4.69) is 53.8 Å². The van der Waals surface area contributed by atoms with E-state index >= 15 is 0 Å². The summed E-state index contributed by atoms with van der Waals surface area (Å²) in [4.78, 5) is 0. The maximum atomic E-state index is 3.58. The third kappa shape index (κ3) is 6.94. The molecule has 0 aliphatic carbocycles. The Morgan fingerprint density at radius 1 is 1.07 bits per heavy atom. The Morgan fingerprint density at radius 2 is 1.60 bits per heavy atom. The van der Waals surface area contributed by atoms with Gasteiger partial charge in [-0.1, -0.05) is 54.9 Å². The van der Waals surface area contributed by atoms with Gasteiger partial charge in [-0.3, -0.25) is 0 Å². The smallest absolute Gasteiger partial charge is 0.00104 e. The first-order chi connectivity index (χ1) is 6.77. The van der Waals surface area contributed by atoms with Crippen LogP contribution < -0.4 is 5.32 Å². The van der Waals surface area contributed by atoms with Crippen molar-refractivity contribution in [1.82, 2.24) is 5.32 Å². The maximum Gasteiger partial charge on any atom is 0.00104 e. The van der Waals surface area contributed by atoms with Crippen LogP contribution in [0.2, 0.25) is 0 Å². The van der Waals surface area contributed by atoms with Gasteiger partial charge in [-0.15, -0.1) is 0 Å². The Hall–Kier alpha value is -0.0400. The predicted molar refractivity (Wildman–Crippen MR) is 70.2 cm³/mol. The zero-order valence-electron chi connectivity index (χ0n) is 11.9. The topological polar surface area (TPSA) is 12.0 Å². The van der Waals surface area contributed by atoms with Crippen LogP contribution >= 0.6 is 0 Å². The van der Waals surface area contributed by atoms with Gasteiger partial charge in [0.15, 0.2) is 0 Å². The lowest BCUT2D eigenvalue weighted by molar-refractivity contribution is 0.189. The molecule has 0 spiro atoms. The van der Waals surface area contributed by atoms with E-state index in [1.165, 1.54) is 12.8 Å². The van der Waals surface area contributed by atoms with Gasteiger partial charge in [-0.25, -0.2) is 0 Å². The molecular formula is C14H31N. The number of hydrogen-bond acceptors (Lipinski definition) is 1. The summed E-state index contributed by atoms with van der Waals surface area (Å²) in [5.74, 6) is 1.64. The molecule has 0 aromatic rings. The van der Waals surface area contributed by atoms with E-state index in [0.717, 1.165) is 18.4 Å². The second-order valence-electron chi connectivity index (χ2n) is 6.38. The van der Waals surface area contributed by atoms with Gasteiger partial charge in [0.2, 0.25) is 0 Å². The zero-order valence-corrected chi connectivity index (χ0v) is 11.9. The van der Waals surface area contributed by atoms with Gasteiger partial charge in [0.25, 0.3) is 0 Å². The molecule has 2 atom stereocenters. The Bertz CT molecular complexity index is 155. The molecule has 0 radical (unpaired) electrons. The first-order valence-corrected chi connectivity index (χ1v) is 6.50. The molecule has 0 aromatic carbocycles. The lowest BCUT2D eigenvalue weighted by Crippen LogP contribution is -2.36. The largest absolute Gasteiger partial charge is 0.314 e. The second kappa shape index (κ2) is 6.52. The van der Waals surface area contributed by atoms with Crippen molar-refractivity contribution in [3.8, 4) is 0 Å². The van der Waals surface area contributed by atoms with E-state index in [1.54, 1.807) is 0 Å². The van der Waals surface area contributed by atoms with Gasteiger partial charge in [0.1, 0.15) is 0 Å². The summed E-state index contributed by atoms with van der Waals surface area (Å²) in [7, 11) is 0. The molecule has 0 bridgehead atoms. The average Bonchev–Trinajstić information content (AvgIpc) is 2.09. The van der Waals surface area contributed by atoms with Crippen LogP contribution in [0.3, 0.4) is 0 Å². The normalized spacial score (nSPS) is 16.8. The highest BCUT2D eigenvalue weighted by molar-refractivity contribution is 4.78. The molecule has 0 saturated heterocycles. The van der Waals surface area contributed by atoms with Crippen molar-refractivity contribution in [2.45, 2.75) is 67.3 Å². The minimum Gasteiger partial charge on any atom is -0.314 e. The molecule has 0 fully saturated rings. The molecule has 1 nitrogen and oxygen atoms in total. The van der Waals surface area contributed by atoms with E-state index in [-0.39, 0.29) is 0 Å². The Balaban J connectivity index is 4.20. The van der Waals surface area contributed by atoms with E-state index in [9.17, 15) is 0 Å². The van der Waals surface area contributed by atoms with E-state index in [1.807, 2.05) is 0 Å². The van der Waals surface area contributed by atoms with Crippen LogP contribution in [0, 0.1) is 17.3 Å². The lowest BCUT2D eigenvalue weighted by atomic mass is 9.75. The van der Waals surface area contributed by atoms with Crippen molar-refractivity contribution in [3.63, 3.8) is 0 Å². The zero-order chi connectivity index (χ0) is 12.1. The van der Waals surface area contributed by atoms with Crippen molar-refractivity contribution in [1.29, 1.82) is 0 Å². The molecule has 2 unspecified atom stereocenters. The molecular weight excluding hydrogens is 182 g/mol. The molecule has 92 valence electrons. The standard InChI is InChI=1S/C14H31N/c1-8-12(4)9-13(14(5,6)7)10-15-11(2)3/h11-13,15H,8-10H2,1-7H3. The summed E-state index contributed by atoms with van der Waals surface area (Å²) in [6.07, 6.45) is 2.65. The minimum atomic E-state index is 0.422. The van der Waals surface area contributed by atoms with E-state index in [0.29, 0.717) is 11.5 Å². The highest BCUT2D eigenvalue weighted by Gasteiger charge is 2.25. The molecule has 15 heavy (non-hydrogen) atoms. The number of rotatable bonds is 6. The van der Waals surface area contributed by atoms with Gasteiger partial charge in [-0.2, -0.15) is 0 Å². The molecule has 0 aromatic heterocycles. The SMILES string of the molecule is CCC(C)CC(CNC(C)C)C(C)(C)C. The van der Waals surface area contributed by atoms with Crippen LogP contribution in [0.25, 0.3) is 0 Å². The van der Waals surface area contributed by atoms with Gasteiger partial charge in [0.05, 0.1) is 0 Å². The van der Waals surface area contributed by atoms with Gasteiger partial charge >= 0.3 is 0 Å². The summed E-state index contributed by atoms with van der Waals surface area (Å²) >= 11 is 0. The van der Waals surface area contributed by atoms with Crippen molar-refractivity contribution < 1.29 is 0 Å². The third-order valence-electron chi connectivity index (χ3n) is 3.38. The second-order valence-corrected chi connectivity index (χ2v) is 6.38. The van der Waals surface area contributed by atoms with Crippen LogP contribution in [0.4, 0.5) is 0 Å². The minimum absolute atomic E-state index is 0.422. The molecule has 0 heterocycles. The van der Waals surface area contributed by atoms with Crippen molar-refractivity contribution in [2.24, 2.45) is 17.3 Å². The highest BCUT2D eigenvalue weighted by atomic mass is 14.9. The van der Waals surface area contributed by atoms with Crippen molar-refractivity contribution in [3.05, 3.63) is 0 Å². The quantitative estimate of drug-likeness (QED) is 0.701. The molecule has 1 N–H and O–H groups in total. The lowest BCUT2D eigenvalue weighted by Gasteiger charge is -2.33. The summed E-state index contributed by atoms with van der Waals surface area (Å²) < 4.78 is 0. The van der Waals surface area contributed by atoms with Crippen molar-refractivity contribution in [2.75, 3.05) is 6.54 Å². The summed E-state index contributed by atoms with van der Waals surface area (Å²) in [5, 5.41) is 3.58. The van der Waals surface area contributed by atoms with Crippen LogP contribution in [0.15, 0.2) is 0 Å². The molecule has 0 rings (SSSR count). The van der Waals surface area contributed by atoms with Crippen LogP contribution in [0.5, 0.6) is 0 Å². The monoisotopic (exact) mass is 213 g/mol. The molecule has 0 amide bonds. The Kier molecular flexibility index (Phi) is 6.51. The number of hydrogen-bond donors (Lipinski definition) is 1. The fraction of sp³-hybridized carbons (Fsp3) is 1.00. The first-order valence-electron chi connectivity index (χ1n) is 6.50. The fourth-order valence-corrected chi connectivity index (χ4v) is 1.77. The maximum absolute atomic E-state index is 3.58. The summed E-state index contributed by atoms with van der Waals surface area (Å²) in [6, 6.07) is 0.604. The molecule has 0 aliphatic heterocycles. The average molecular weight is 213 g/mol. The predicted octanol–water partition coefficient (Wildman–Crippen LogP) is 4.08. The van der Waals surface area contributed by atoms with E-state index < -0.39 is 0 Å². The highest BCUT2D eigenvalue weighted by Crippen LogP contribution is 2.31. The van der Waals surface area contributed by atoms with E-state index in [4.69, 9.17) is 0 Å². The van der Waals surface area contributed by atoms with Crippen LogP contribution in [-0.4, -0.2) is 12.6 Å². The molecule has 0 saturated carbocycles. The van der Waals surface area contributed by atoms with Crippen LogP contribution in [-0.2, 0) is 0 Å². The Morgan fingerprint density at radius 3 is 1.93 bits per heavy atom. The van der Waals surface area contributed by atoms with Crippen LogP contribution in [0.1, 0.15) is 61.3 Å². The first kappa shape index (κ1) is 15.0. The summed E-state index contributed by atoms with van der Waals surface area (Å²) in [5.41, 5.74) is 0.422. The van der Waals surface area contributed by atoms with Gasteiger partial charge in [-0.05, 0) is 30.2 Å². The fourth-order valence-electron chi connectivity index (χ4n) is 1.77. The summed E-state index contributed by atoms with van der Waals surface area (Å²) in [6.45, 7) is 17.4. The molecule has 1 heteroatoms.